The van der Waals surface area contributed by atoms with Crippen LogP contribution in [0.4, 0.5) is 0 Å². The SMILES string of the molecule is COC(=O)C1=C(C)N=c2s/c(=C\c3cc(Br)c(O)c(OC)c3)c(=O)n2C1c1ccccc1. The van der Waals surface area contributed by atoms with Crippen molar-refractivity contribution < 1.29 is 19.4 Å². The van der Waals surface area contributed by atoms with Crippen LogP contribution < -0.4 is 19.6 Å². The minimum Gasteiger partial charge on any atom is -0.503 e. The van der Waals surface area contributed by atoms with E-state index in [1.807, 2.05) is 30.3 Å². The second-order valence-corrected chi connectivity index (χ2v) is 8.90. The van der Waals surface area contributed by atoms with Crippen LogP contribution in [0.2, 0.25) is 0 Å². The summed E-state index contributed by atoms with van der Waals surface area (Å²) in [5.41, 5.74) is 2.00. The van der Waals surface area contributed by atoms with Crippen LogP contribution in [0.1, 0.15) is 24.1 Å². The summed E-state index contributed by atoms with van der Waals surface area (Å²) in [6.07, 6.45) is 1.70. The number of phenols is 1. The summed E-state index contributed by atoms with van der Waals surface area (Å²) in [6, 6.07) is 12.0. The zero-order valence-electron chi connectivity index (χ0n) is 17.5. The lowest BCUT2D eigenvalue weighted by Crippen LogP contribution is -2.39. The number of allylic oxidation sites excluding steroid dienone is 1. The van der Waals surface area contributed by atoms with Gasteiger partial charge in [-0.3, -0.25) is 9.36 Å². The van der Waals surface area contributed by atoms with E-state index >= 15 is 0 Å². The first-order chi connectivity index (χ1) is 15.3. The summed E-state index contributed by atoms with van der Waals surface area (Å²) in [4.78, 5) is 31.1. The van der Waals surface area contributed by atoms with Crippen molar-refractivity contribution in [1.82, 2.24) is 4.57 Å². The molecule has 2 aromatic carbocycles. The van der Waals surface area contributed by atoms with Gasteiger partial charge in [-0.25, -0.2) is 9.79 Å². The minimum absolute atomic E-state index is 0.0199. The first-order valence-corrected chi connectivity index (χ1v) is 11.2. The number of halogens is 1. The fourth-order valence-electron chi connectivity index (χ4n) is 3.63. The van der Waals surface area contributed by atoms with Crippen LogP contribution in [0.5, 0.6) is 11.5 Å². The lowest BCUT2D eigenvalue weighted by Gasteiger charge is -2.24. The molecule has 0 saturated heterocycles. The van der Waals surface area contributed by atoms with Crippen molar-refractivity contribution in [1.29, 1.82) is 0 Å². The van der Waals surface area contributed by atoms with Gasteiger partial charge in [0.05, 0.1) is 40.5 Å². The second kappa shape index (κ2) is 8.76. The van der Waals surface area contributed by atoms with E-state index in [0.717, 1.165) is 5.56 Å². The van der Waals surface area contributed by atoms with Crippen LogP contribution in [0.3, 0.4) is 0 Å². The number of carbonyl (C=O) groups excluding carboxylic acids is 1. The number of aromatic hydroxyl groups is 1. The number of benzene rings is 2. The summed E-state index contributed by atoms with van der Waals surface area (Å²) in [6.45, 7) is 1.74. The molecule has 7 nitrogen and oxygen atoms in total. The number of hydrogen-bond donors (Lipinski definition) is 1. The predicted octanol–water partition coefficient (Wildman–Crippen LogP) is 2.88. The first kappa shape index (κ1) is 22.0. The highest BCUT2D eigenvalue weighted by atomic mass is 79.9. The lowest BCUT2D eigenvalue weighted by molar-refractivity contribution is -0.136. The number of carbonyl (C=O) groups is 1. The monoisotopic (exact) mass is 514 g/mol. The number of aromatic nitrogens is 1. The molecule has 2 heterocycles. The molecule has 0 radical (unpaired) electrons. The summed E-state index contributed by atoms with van der Waals surface area (Å²) in [7, 11) is 2.77. The van der Waals surface area contributed by atoms with Gasteiger partial charge in [0.2, 0.25) is 0 Å². The molecule has 1 aromatic heterocycles. The van der Waals surface area contributed by atoms with Crippen molar-refractivity contribution in [3.05, 3.63) is 89.0 Å². The van der Waals surface area contributed by atoms with Gasteiger partial charge >= 0.3 is 5.97 Å². The topological polar surface area (TPSA) is 90.1 Å². The number of fused-ring (bicyclic) bond motifs is 1. The zero-order valence-corrected chi connectivity index (χ0v) is 19.9. The van der Waals surface area contributed by atoms with E-state index in [2.05, 4.69) is 20.9 Å². The van der Waals surface area contributed by atoms with E-state index in [0.29, 0.717) is 30.6 Å². The Bertz CT molecular complexity index is 1420. The third kappa shape index (κ3) is 3.78. The van der Waals surface area contributed by atoms with Gasteiger partial charge in [-0.15, -0.1) is 0 Å². The molecule has 0 aliphatic carbocycles. The molecule has 32 heavy (non-hydrogen) atoms. The van der Waals surface area contributed by atoms with Crippen molar-refractivity contribution in [2.24, 2.45) is 4.99 Å². The standard InChI is InChI=1S/C23H19BrN2O5S/c1-12-18(22(29)31-3)19(14-7-5-4-6-8-14)26-21(28)17(32-23(26)25-12)11-13-9-15(24)20(27)16(10-13)30-2/h4-11,19,27H,1-3H3/b17-11-. The molecule has 4 rings (SSSR count). The Morgan fingerprint density at radius 1 is 1.25 bits per heavy atom. The Kier molecular flexibility index (Phi) is 6.03. The molecule has 1 unspecified atom stereocenters. The Labute approximate surface area is 195 Å². The molecule has 1 aliphatic heterocycles. The molecule has 1 atom stereocenters. The first-order valence-electron chi connectivity index (χ1n) is 9.58. The lowest BCUT2D eigenvalue weighted by atomic mass is 9.96. The van der Waals surface area contributed by atoms with E-state index in [1.54, 1.807) is 25.1 Å². The van der Waals surface area contributed by atoms with Gasteiger partial charge in [-0.1, -0.05) is 41.7 Å². The van der Waals surface area contributed by atoms with Gasteiger partial charge in [0.25, 0.3) is 5.56 Å². The van der Waals surface area contributed by atoms with Crippen LogP contribution in [0.25, 0.3) is 6.08 Å². The van der Waals surface area contributed by atoms with Gasteiger partial charge in [0.1, 0.15) is 0 Å². The molecule has 1 aliphatic rings. The summed E-state index contributed by atoms with van der Waals surface area (Å²) < 4.78 is 12.6. The normalized spacial score (nSPS) is 15.9. The molecule has 0 spiro atoms. The van der Waals surface area contributed by atoms with E-state index in [1.165, 1.54) is 30.1 Å². The number of rotatable bonds is 4. The predicted molar refractivity (Wildman–Crippen MR) is 125 cm³/mol. The van der Waals surface area contributed by atoms with Crippen LogP contribution >= 0.6 is 27.3 Å². The Hall–Kier alpha value is -3.17. The highest BCUT2D eigenvalue weighted by Gasteiger charge is 2.32. The Balaban J connectivity index is 1.97. The van der Waals surface area contributed by atoms with E-state index in [4.69, 9.17) is 9.47 Å². The maximum absolute atomic E-state index is 13.5. The van der Waals surface area contributed by atoms with Crippen molar-refractivity contribution >= 4 is 39.3 Å². The maximum Gasteiger partial charge on any atom is 0.338 e. The van der Waals surface area contributed by atoms with Crippen LogP contribution in [0.15, 0.2) is 68.0 Å². The third-order valence-electron chi connectivity index (χ3n) is 5.11. The van der Waals surface area contributed by atoms with Crippen molar-refractivity contribution in [3.8, 4) is 11.5 Å². The number of nitrogens with zero attached hydrogens (tertiary/aromatic N) is 2. The van der Waals surface area contributed by atoms with E-state index < -0.39 is 12.0 Å². The van der Waals surface area contributed by atoms with Crippen LogP contribution in [-0.2, 0) is 9.53 Å². The zero-order chi connectivity index (χ0) is 23.0. The van der Waals surface area contributed by atoms with Gasteiger partial charge in [-0.05, 0) is 52.2 Å². The third-order valence-corrected chi connectivity index (χ3v) is 6.70. The molecule has 1 N–H and O–H groups in total. The molecule has 0 amide bonds. The molecule has 3 aromatic rings. The fourth-order valence-corrected chi connectivity index (χ4v) is 5.13. The average Bonchev–Trinajstić information content (AvgIpc) is 3.09. The molecule has 164 valence electrons. The highest BCUT2D eigenvalue weighted by molar-refractivity contribution is 9.10. The minimum atomic E-state index is -0.650. The van der Waals surface area contributed by atoms with Gasteiger partial charge in [0, 0.05) is 0 Å². The maximum atomic E-state index is 13.5. The fraction of sp³-hybridized carbons (Fsp3) is 0.174. The average molecular weight is 515 g/mol. The number of ether oxygens (including phenoxy) is 2. The van der Waals surface area contributed by atoms with Gasteiger partial charge in [-0.2, -0.15) is 0 Å². The van der Waals surface area contributed by atoms with E-state index in [-0.39, 0.29) is 17.1 Å². The quantitative estimate of drug-likeness (QED) is 0.540. The summed E-state index contributed by atoms with van der Waals surface area (Å²) >= 11 is 4.53. The highest BCUT2D eigenvalue weighted by Crippen LogP contribution is 2.35. The Morgan fingerprint density at radius 3 is 2.62 bits per heavy atom. The molecular formula is C23H19BrN2O5S. The molecule has 0 fully saturated rings. The molecule has 0 saturated carbocycles. The number of methoxy groups -OCH3 is 2. The smallest absolute Gasteiger partial charge is 0.338 e. The van der Waals surface area contributed by atoms with Crippen molar-refractivity contribution in [2.75, 3.05) is 14.2 Å². The number of phenolic OH excluding ortho intramolecular Hbond substituents is 1. The molecular weight excluding hydrogens is 496 g/mol. The Morgan fingerprint density at radius 2 is 1.97 bits per heavy atom. The van der Waals surface area contributed by atoms with Crippen LogP contribution in [-0.4, -0.2) is 29.9 Å². The van der Waals surface area contributed by atoms with Crippen molar-refractivity contribution in [3.63, 3.8) is 0 Å². The molecule has 0 bridgehead atoms. The summed E-state index contributed by atoms with van der Waals surface area (Å²) in [5.74, 6) is -0.264. The largest absolute Gasteiger partial charge is 0.503 e. The second-order valence-electron chi connectivity index (χ2n) is 7.04. The van der Waals surface area contributed by atoms with E-state index in [9.17, 15) is 14.7 Å². The van der Waals surface area contributed by atoms with Crippen LogP contribution in [0, 0.1) is 0 Å². The van der Waals surface area contributed by atoms with Gasteiger partial charge in [0.15, 0.2) is 16.3 Å². The molecule has 9 heteroatoms. The number of hydrogen-bond acceptors (Lipinski definition) is 7. The number of thiazole rings is 1. The summed E-state index contributed by atoms with van der Waals surface area (Å²) in [5, 5.41) is 10.1. The van der Waals surface area contributed by atoms with Crippen molar-refractivity contribution in [2.45, 2.75) is 13.0 Å². The van der Waals surface area contributed by atoms with Gasteiger partial charge < -0.3 is 14.6 Å². The number of esters is 1.